The van der Waals surface area contributed by atoms with Gasteiger partial charge in [-0.1, -0.05) is 0 Å². The minimum absolute atomic E-state index is 0.222. The summed E-state index contributed by atoms with van der Waals surface area (Å²) in [6.45, 7) is 6.72. The molecular formula is C13H28N2O2S. The van der Waals surface area contributed by atoms with Crippen molar-refractivity contribution >= 4 is 9.84 Å². The van der Waals surface area contributed by atoms with E-state index in [2.05, 4.69) is 24.3 Å². The SMILES string of the molecule is CN(C)C1(CNCCS(=O)(=O)C(C)(C)C)CCC1. The maximum atomic E-state index is 11.9. The highest BCUT2D eigenvalue weighted by Crippen LogP contribution is 2.35. The van der Waals surface area contributed by atoms with E-state index in [9.17, 15) is 8.42 Å². The molecule has 0 radical (unpaired) electrons. The Kier molecular flexibility index (Phi) is 4.84. The lowest BCUT2D eigenvalue weighted by Crippen LogP contribution is -2.56. The molecule has 0 amide bonds. The maximum Gasteiger partial charge on any atom is 0.156 e. The Morgan fingerprint density at radius 3 is 2.11 bits per heavy atom. The van der Waals surface area contributed by atoms with E-state index in [1.54, 1.807) is 20.8 Å². The Bertz CT molecular complexity index is 365. The summed E-state index contributed by atoms with van der Waals surface area (Å²) < 4.78 is 23.2. The fourth-order valence-electron chi connectivity index (χ4n) is 2.20. The number of nitrogens with one attached hydrogen (secondary N) is 1. The van der Waals surface area contributed by atoms with Crippen molar-refractivity contribution in [2.24, 2.45) is 0 Å². The Morgan fingerprint density at radius 2 is 1.78 bits per heavy atom. The second-order valence-electron chi connectivity index (χ2n) is 6.58. The average Bonchev–Trinajstić information content (AvgIpc) is 2.12. The Hall–Kier alpha value is -0.130. The van der Waals surface area contributed by atoms with Gasteiger partial charge in [-0.25, -0.2) is 8.42 Å². The fraction of sp³-hybridized carbons (Fsp3) is 1.00. The number of likely N-dealkylation sites (N-methyl/N-ethyl adjacent to an activating group) is 1. The van der Waals surface area contributed by atoms with Crippen LogP contribution in [0.2, 0.25) is 0 Å². The number of nitrogens with zero attached hydrogens (tertiary/aromatic N) is 1. The van der Waals surface area contributed by atoms with E-state index in [0.29, 0.717) is 6.54 Å². The van der Waals surface area contributed by atoms with Crippen LogP contribution in [0.4, 0.5) is 0 Å². The van der Waals surface area contributed by atoms with Crippen molar-refractivity contribution in [1.29, 1.82) is 0 Å². The summed E-state index contributed by atoms with van der Waals surface area (Å²) >= 11 is 0. The molecule has 0 unspecified atom stereocenters. The Labute approximate surface area is 112 Å². The predicted octanol–water partition coefficient (Wildman–Crippen LogP) is 1.27. The Morgan fingerprint density at radius 1 is 1.22 bits per heavy atom. The van der Waals surface area contributed by atoms with Crippen LogP contribution in [-0.4, -0.2) is 56.5 Å². The number of hydrogen-bond donors (Lipinski definition) is 1. The molecule has 4 nitrogen and oxygen atoms in total. The number of sulfone groups is 1. The molecule has 0 bridgehead atoms. The molecule has 0 saturated heterocycles. The van der Waals surface area contributed by atoms with Gasteiger partial charge in [0.05, 0.1) is 10.5 Å². The highest BCUT2D eigenvalue weighted by atomic mass is 32.2. The lowest BCUT2D eigenvalue weighted by Gasteiger charge is -2.47. The van der Waals surface area contributed by atoms with E-state index in [1.165, 1.54) is 19.3 Å². The monoisotopic (exact) mass is 276 g/mol. The summed E-state index contributed by atoms with van der Waals surface area (Å²) in [7, 11) is 1.21. The molecule has 0 atom stereocenters. The van der Waals surface area contributed by atoms with Crippen molar-refractivity contribution in [2.75, 3.05) is 32.9 Å². The van der Waals surface area contributed by atoms with Gasteiger partial charge in [-0.2, -0.15) is 0 Å². The molecule has 1 rings (SSSR count). The maximum absolute atomic E-state index is 11.9. The molecule has 0 aromatic heterocycles. The third-order valence-corrected chi connectivity index (χ3v) is 6.78. The summed E-state index contributed by atoms with van der Waals surface area (Å²) in [5.74, 6) is 0.222. The molecule has 108 valence electrons. The van der Waals surface area contributed by atoms with Gasteiger partial charge in [0, 0.05) is 18.6 Å². The lowest BCUT2D eigenvalue weighted by molar-refractivity contribution is 0.0608. The van der Waals surface area contributed by atoms with Gasteiger partial charge in [-0.3, -0.25) is 0 Å². The summed E-state index contributed by atoms with van der Waals surface area (Å²) in [6, 6.07) is 0. The lowest BCUT2D eigenvalue weighted by atomic mass is 9.75. The molecule has 1 fully saturated rings. The molecule has 1 N–H and O–H groups in total. The zero-order chi connectivity index (χ0) is 14.0. The molecule has 5 heteroatoms. The van der Waals surface area contributed by atoms with Crippen LogP contribution in [0.25, 0.3) is 0 Å². The largest absolute Gasteiger partial charge is 0.314 e. The van der Waals surface area contributed by atoms with Crippen LogP contribution in [0.15, 0.2) is 0 Å². The Balaban J connectivity index is 2.36. The second kappa shape index (κ2) is 5.47. The van der Waals surface area contributed by atoms with Gasteiger partial charge in [-0.05, 0) is 54.1 Å². The predicted molar refractivity (Wildman–Crippen MR) is 76.7 cm³/mol. The van der Waals surface area contributed by atoms with Gasteiger partial charge in [0.1, 0.15) is 0 Å². The van der Waals surface area contributed by atoms with Crippen LogP contribution in [0.1, 0.15) is 40.0 Å². The third kappa shape index (κ3) is 3.45. The van der Waals surface area contributed by atoms with E-state index >= 15 is 0 Å². The molecule has 0 aromatic carbocycles. The van der Waals surface area contributed by atoms with Gasteiger partial charge < -0.3 is 10.2 Å². The molecule has 1 aliphatic carbocycles. The standard InChI is InChI=1S/C13H28N2O2S/c1-12(2,3)18(16,17)10-9-14-11-13(15(4)5)7-6-8-13/h14H,6-11H2,1-5H3. The summed E-state index contributed by atoms with van der Waals surface area (Å²) in [4.78, 5) is 2.27. The molecule has 1 saturated carbocycles. The zero-order valence-electron chi connectivity index (χ0n) is 12.4. The van der Waals surface area contributed by atoms with Gasteiger partial charge in [-0.15, -0.1) is 0 Å². The molecule has 18 heavy (non-hydrogen) atoms. The van der Waals surface area contributed by atoms with E-state index in [-0.39, 0.29) is 11.3 Å². The first-order chi connectivity index (χ1) is 8.11. The van der Waals surface area contributed by atoms with Crippen LogP contribution < -0.4 is 5.32 Å². The molecule has 1 aliphatic rings. The smallest absolute Gasteiger partial charge is 0.156 e. The van der Waals surface area contributed by atoms with Crippen molar-refractivity contribution < 1.29 is 8.42 Å². The summed E-state index contributed by atoms with van der Waals surface area (Å²) in [6.07, 6.45) is 3.69. The van der Waals surface area contributed by atoms with Crippen molar-refractivity contribution in [1.82, 2.24) is 10.2 Å². The minimum Gasteiger partial charge on any atom is -0.314 e. The van der Waals surface area contributed by atoms with E-state index in [1.807, 2.05) is 0 Å². The quantitative estimate of drug-likeness (QED) is 0.742. The number of hydrogen-bond acceptors (Lipinski definition) is 4. The van der Waals surface area contributed by atoms with Gasteiger partial charge in [0.15, 0.2) is 9.84 Å². The van der Waals surface area contributed by atoms with Crippen LogP contribution in [0, 0.1) is 0 Å². The minimum atomic E-state index is -3.00. The molecule has 0 aliphatic heterocycles. The fourth-order valence-corrected chi connectivity index (χ4v) is 3.23. The summed E-state index contributed by atoms with van der Waals surface area (Å²) in [5, 5.41) is 3.32. The van der Waals surface area contributed by atoms with Crippen molar-refractivity contribution in [2.45, 2.75) is 50.3 Å². The van der Waals surface area contributed by atoms with Crippen molar-refractivity contribution in [3.8, 4) is 0 Å². The molecule has 0 heterocycles. The first-order valence-electron chi connectivity index (χ1n) is 6.71. The van der Waals surface area contributed by atoms with Crippen LogP contribution in [0.3, 0.4) is 0 Å². The van der Waals surface area contributed by atoms with Crippen LogP contribution in [-0.2, 0) is 9.84 Å². The highest BCUT2D eigenvalue weighted by molar-refractivity contribution is 7.92. The molecule has 0 aromatic rings. The second-order valence-corrected chi connectivity index (χ2v) is 9.44. The van der Waals surface area contributed by atoms with Gasteiger partial charge >= 0.3 is 0 Å². The van der Waals surface area contributed by atoms with E-state index < -0.39 is 14.6 Å². The first-order valence-corrected chi connectivity index (χ1v) is 8.36. The average molecular weight is 276 g/mol. The molecular weight excluding hydrogens is 248 g/mol. The number of rotatable bonds is 6. The topological polar surface area (TPSA) is 49.4 Å². The van der Waals surface area contributed by atoms with Crippen LogP contribution >= 0.6 is 0 Å². The normalized spacial score (nSPS) is 19.9. The first kappa shape index (κ1) is 15.9. The van der Waals surface area contributed by atoms with E-state index in [0.717, 1.165) is 6.54 Å². The molecule has 0 spiro atoms. The van der Waals surface area contributed by atoms with Gasteiger partial charge in [0.25, 0.3) is 0 Å². The van der Waals surface area contributed by atoms with Crippen LogP contribution in [0.5, 0.6) is 0 Å². The zero-order valence-corrected chi connectivity index (χ0v) is 13.2. The van der Waals surface area contributed by atoms with Gasteiger partial charge in [0.2, 0.25) is 0 Å². The van der Waals surface area contributed by atoms with E-state index in [4.69, 9.17) is 0 Å². The summed E-state index contributed by atoms with van der Waals surface area (Å²) in [5.41, 5.74) is 0.255. The van der Waals surface area contributed by atoms with Crippen molar-refractivity contribution in [3.63, 3.8) is 0 Å². The third-order valence-electron chi connectivity index (χ3n) is 4.17. The highest BCUT2D eigenvalue weighted by Gasteiger charge is 2.38. The van der Waals surface area contributed by atoms with Crippen molar-refractivity contribution in [3.05, 3.63) is 0 Å².